The summed E-state index contributed by atoms with van der Waals surface area (Å²) in [4.78, 5) is 13.1. The van der Waals surface area contributed by atoms with E-state index in [2.05, 4.69) is 0 Å². The number of nitrogens with zero attached hydrogens (tertiary/aromatic N) is 1. The summed E-state index contributed by atoms with van der Waals surface area (Å²) in [7, 11) is 1.49. The third kappa shape index (κ3) is 6.45. The second-order valence-electron chi connectivity index (χ2n) is 6.76. The molecule has 1 atom stereocenters. The lowest BCUT2D eigenvalue weighted by molar-refractivity contribution is -0.139. The Kier molecular flexibility index (Phi) is 6.70. The molecule has 0 heterocycles. The topological polar surface area (TPSA) is 64.8 Å². The highest BCUT2D eigenvalue weighted by molar-refractivity contribution is 5.67. The minimum absolute atomic E-state index is 0.0689. The van der Waals surface area contributed by atoms with Gasteiger partial charge < -0.3 is 20.1 Å². The molecule has 0 radical (unpaired) electrons. The van der Waals surface area contributed by atoms with Crippen molar-refractivity contribution in [3.8, 4) is 5.75 Å². The Bertz CT molecular complexity index is 596. The minimum Gasteiger partial charge on any atom is -0.491 e. The van der Waals surface area contributed by atoms with Gasteiger partial charge in [-0.15, -0.1) is 0 Å². The fraction of sp³-hybridized carbons (Fsp3) is 0.588. The SMILES string of the molecule is C[C@@H](N)c1cccc(C(F)(F)F)c1OCCN(C)C(=O)OC(C)(C)C. The molecule has 2 N–H and O–H groups in total. The van der Waals surface area contributed by atoms with Crippen LogP contribution in [0.1, 0.15) is 44.9 Å². The number of benzene rings is 1. The number of carbonyl (C=O) groups is 1. The van der Waals surface area contributed by atoms with Gasteiger partial charge in [-0.25, -0.2) is 4.79 Å². The lowest BCUT2D eigenvalue weighted by atomic mass is 10.0. The van der Waals surface area contributed by atoms with E-state index in [-0.39, 0.29) is 24.5 Å². The van der Waals surface area contributed by atoms with Crippen LogP contribution >= 0.6 is 0 Å². The Hall–Kier alpha value is -1.96. The molecule has 1 aromatic rings. The summed E-state index contributed by atoms with van der Waals surface area (Å²) >= 11 is 0. The Morgan fingerprint density at radius 2 is 1.88 bits per heavy atom. The van der Waals surface area contributed by atoms with E-state index in [9.17, 15) is 18.0 Å². The predicted octanol–water partition coefficient (Wildman–Crippen LogP) is 3.97. The van der Waals surface area contributed by atoms with E-state index in [0.29, 0.717) is 0 Å². The van der Waals surface area contributed by atoms with Gasteiger partial charge in [0, 0.05) is 18.7 Å². The van der Waals surface area contributed by atoms with Gasteiger partial charge in [-0.1, -0.05) is 12.1 Å². The van der Waals surface area contributed by atoms with E-state index >= 15 is 0 Å². The molecule has 0 aliphatic carbocycles. The van der Waals surface area contributed by atoms with Crippen LogP contribution in [-0.2, 0) is 10.9 Å². The zero-order chi connectivity index (χ0) is 19.4. The first kappa shape index (κ1) is 21.1. The minimum atomic E-state index is -4.56. The highest BCUT2D eigenvalue weighted by atomic mass is 19.4. The van der Waals surface area contributed by atoms with Gasteiger partial charge in [-0.05, 0) is 33.8 Å². The molecule has 0 aromatic heterocycles. The molecule has 0 bridgehead atoms. The van der Waals surface area contributed by atoms with Gasteiger partial charge in [-0.3, -0.25) is 0 Å². The molecule has 0 aliphatic rings. The van der Waals surface area contributed by atoms with Gasteiger partial charge in [-0.2, -0.15) is 13.2 Å². The molecule has 8 heteroatoms. The molecule has 5 nitrogen and oxygen atoms in total. The van der Waals surface area contributed by atoms with E-state index in [1.807, 2.05) is 0 Å². The molecular formula is C17H25F3N2O3. The molecule has 0 spiro atoms. The second kappa shape index (κ2) is 7.95. The maximum atomic E-state index is 13.2. The molecule has 0 aliphatic heterocycles. The fourth-order valence-electron chi connectivity index (χ4n) is 2.01. The summed E-state index contributed by atoms with van der Waals surface area (Å²) in [5, 5.41) is 0. The second-order valence-corrected chi connectivity index (χ2v) is 6.76. The lowest BCUT2D eigenvalue weighted by Gasteiger charge is -2.25. The van der Waals surface area contributed by atoms with E-state index < -0.39 is 29.5 Å². The molecular weight excluding hydrogens is 337 g/mol. The van der Waals surface area contributed by atoms with Crippen LogP contribution < -0.4 is 10.5 Å². The molecule has 1 amide bonds. The van der Waals surface area contributed by atoms with Crippen LogP contribution in [0.4, 0.5) is 18.0 Å². The number of nitrogens with two attached hydrogens (primary N) is 1. The van der Waals surface area contributed by atoms with Crippen LogP contribution in [-0.4, -0.2) is 36.8 Å². The average molecular weight is 362 g/mol. The number of ether oxygens (including phenoxy) is 2. The van der Waals surface area contributed by atoms with Crippen LogP contribution in [0.25, 0.3) is 0 Å². The normalized spacial score (nSPS) is 13.3. The van der Waals surface area contributed by atoms with Crippen LogP contribution in [0, 0.1) is 0 Å². The summed E-state index contributed by atoms with van der Waals surface area (Å²) in [6, 6.07) is 3.10. The van der Waals surface area contributed by atoms with Crippen molar-refractivity contribution in [3.63, 3.8) is 0 Å². The standard InChI is InChI=1S/C17H25F3N2O3/c1-11(21)12-7-6-8-13(17(18,19)20)14(12)24-10-9-22(5)15(23)25-16(2,3)4/h6-8,11H,9-10,21H2,1-5H3/t11-/m1/s1. The van der Waals surface area contributed by atoms with Crippen molar-refractivity contribution in [1.82, 2.24) is 4.90 Å². The molecule has 0 saturated carbocycles. The third-order valence-electron chi connectivity index (χ3n) is 3.22. The highest BCUT2D eigenvalue weighted by Gasteiger charge is 2.35. The van der Waals surface area contributed by atoms with Crippen LogP contribution in [0.15, 0.2) is 18.2 Å². The molecule has 25 heavy (non-hydrogen) atoms. The number of likely N-dealkylation sites (N-methyl/N-ethyl adjacent to an activating group) is 1. The smallest absolute Gasteiger partial charge is 0.419 e. The first-order valence-corrected chi connectivity index (χ1v) is 7.85. The third-order valence-corrected chi connectivity index (χ3v) is 3.22. The Morgan fingerprint density at radius 1 is 1.28 bits per heavy atom. The van der Waals surface area contributed by atoms with Gasteiger partial charge in [0.1, 0.15) is 18.0 Å². The zero-order valence-electron chi connectivity index (χ0n) is 15.1. The van der Waals surface area contributed by atoms with Crippen LogP contribution in [0.5, 0.6) is 5.75 Å². The highest BCUT2D eigenvalue weighted by Crippen LogP contribution is 2.39. The largest absolute Gasteiger partial charge is 0.491 e. The zero-order valence-corrected chi connectivity index (χ0v) is 15.1. The summed E-state index contributed by atoms with van der Waals surface area (Å²) in [5.74, 6) is -0.303. The van der Waals surface area contributed by atoms with Gasteiger partial charge in [0.15, 0.2) is 0 Å². The first-order chi connectivity index (χ1) is 11.3. The van der Waals surface area contributed by atoms with Crippen molar-refractivity contribution in [2.45, 2.75) is 45.5 Å². The summed E-state index contributed by atoms with van der Waals surface area (Å²) in [6.45, 7) is 6.70. The molecule has 0 fully saturated rings. The fourth-order valence-corrected chi connectivity index (χ4v) is 2.01. The monoisotopic (exact) mass is 362 g/mol. The number of halogens is 3. The molecule has 1 aromatic carbocycles. The number of carbonyl (C=O) groups excluding carboxylic acids is 1. The molecule has 0 saturated heterocycles. The summed E-state index contributed by atoms with van der Waals surface area (Å²) < 4.78 is 50.1. The Labute approximate surface area is 145 Å². The lowest BCUT2D eigenvalue weighted by Crippen LogP contribution is -2.36. The average Bonchev–Trinajstić information content (AvgIpc) is 2.43. The van der Waals surface area contributed by atoms with Gasteiger partial charge in [0.2, 0.25) is 0 Å². The maximum absolute atomic E-state index is 13.2. The van der Waals surface area contributed by atoms with E-state index in [1.165, 1.54) is 24.1 Å². The van der Waals surface area contributed by atoms with E-state index in [1.54, 1.807) is 27.7 Å². The number of rotatable bonds is 5. The molecule has 1 rings (SSSR count). The molecule has 142 valence electrons. The number of alkyl halides is 3. The number of hydrogen-bond acceptors (Lipinski definition) is 4. The Balaban J connectivity index is 2.85. The molecule has 0 unspecified atom stereocenters. The van der Waals surface area contributed by atoms with Crippen LogP contribution in [0.2, 0.25) is 0 Å². The Morgan fingerprint density at radius 3 is 2.36 bits per heavy atom. The first-order valence-electron chi connectivity index (χ1n) is 7.85. The van der Waals surface area contributed by atoms with Crippen molar-refractivity contribution in [2.24, 2.45) is 5.73 Å². The van der Waals surface area contributed by atoms with Crippen molar-refractivity contribution in [3.05, 3.63) is 29.3 Å². The number of para-hydroxylation sites is 1. The summed E-state index contributed by atoms with van der Waals surface area (Å²) in [6.07, 6.45) is -5.13. The quantitative estimate of drug-likeness (QED) is 0.861. The van der Waals surface area contributed by atoms with Crippen molar-refractivity contribution in [1.29, 1.82) is 0 Å². The van der Waals surface area contributed by atoms with E-state index in [0.717, 1.165) is 6.07 Å². The number of amides is 1. The van der Waals surface area contributed by atoms with Gasteiger partial charge >= 0.3 is 12.3 Å². The van der Waals surface area contributed by atoms with Crippen molar-refractivity contribution < 1.29 is 27.4 Å². The van der Waals surface area contributed by atoms with Gasteiger partial charge in [0.05, 0.1) is 12.1 Å². The number of hydrogen-bond donors (Lipinski definition) is 1. The maximum Gasteiger partial charge on any atom is 0.419 e. The van der Waals surface area contributed by atoms with E-state index in [4.69, 9.17) is 15.2 Å². The van der Waals surface area contributed by atoms with Gasteiger partial charge in [0.25, 0.3) is 0 Å². The van der Waals surface area contributed by atoms with Crippen molar-refractivity contribution in [2.75, 3.05) is 20.2 Å². The van der Waals surface area contributed by atoms with Crippen molar-refractivity contribution >= 4 is 6.09 Å². The van der Waals surface area contributed by atoms with Crippen LogP contribution in [0.3, 0.4) is 0 Å². The summed E-state index contributed by atoms with van der Waals surface area (Å²) in [5.41, 5.74) is 4.46. The predicted molar refractivity (Wildman–Crippen MR) is 88.4 cm³/mol.